The van der Waals surface area contributed by atoms with Crippen LogP contribution in [0.4, 0.5) is 0 Å². The van der Waals surface area contributed by atoms with E-state index in [-0.39, 0.29) is 6.10 Å². The van der Waals surface area contributed by atoms with Gasteiger partial charge >= 0.3 is 0 Å². The second-order valence-corrected chi connectivity index (χ2v) is 4.92. The normalized spacial score (nSPS) is 17.3. The molecule has 2 heteroatoms. The Balaban J connectivity index is 1.86. The lowest BCUT2D eigenvalue weighted by Crippen LogP contribution is -2.19. The molecule has 1 aliphatic carbocycles. The van der Waals surface area contributed by atoms with Gasteiger partial charge in [0, 0.05) is 6.07 Å². The number of hydrogen-bond donors (Lipinski definition) is 0. The van der Waals surface area contributed by atoms with Crippen LogP contribution in [0.1, 0.15) is 39.5 Å². The predicted octanol–water partition coefficient (Wildman–Crippen LogP) is 4.04. The average molecular weight is 234 g/mol. The smallest absolute Gasteiger partial charge is 0.123 e. The van der Waals surface area contributed by atoms with Crippen molar-refractivity contribution in [2.24, 2.45) is 5.92 Å². The third-order valence-corrected chi connectivity index (χ3v) is 3.43. The monoisotopic (exact) mass is 234 g/mol. The lowest BCUT2D eigenvalue weighted by atomic mass is 9.86. The molecule has 0 saturated heterocycles. The first-order valence-electron chi connectivity index (χ1n) is 6.67. The minimum absolute atomic E-state index is 0.261. The summed E-state index contributed by atoms with van der Waals surface area (Å²) in [6.07, 6.45) is 5.29. The van der Waals surface area contributed by atoms with E-state index >= 15 is 0 Å². The number of rotatable bonds is 6. The molecule has 1 atom stereocenters. The first-order chi connectivity index (χ1) is 8.28. The van der Waals surface area contributed by atoms with Crippen molar-refractivity contribution in [1.82, 2.24) is 0 Å². The molecule has 0 amide bonds. The molecule has 0 aliphatic heterocycles. The predicted molar refractivity (Wildman–Crippen MR) is 69.7 cm³/mol. The Morgan fingerprint density at radius 1 is 1.29 bits per heavy atom. The maximum atomic E-state index is 5.79. The van der Waals surface area contributed by atoms with Gasteiger partial charge in [0.25, 0.3) is 0 Å². The van der Waals surface area contributed by atoms with Crippen LogP contribution in [0.25, 0.3) is 0 Å². The number of benzene rings is 1. The highest BCUT2D eigenvalue weighted by Gasteiger charge is 2.17. The Labute approximate surface area is 104 Å². The zero-order chi connectivity index (χ0) is 12.1. The average Bonchev–Trinajstić information content (AvgIpc) is 2.27. The highest BCUT2D eigenvalue weighted by molar-refractivity contribution is 5.33. The van der Waals surface area contributed by atoms with Gasteiger partial charge in [-0.2, -0.15) is 0 Å². The van der Waals surface area contributed by atoms with Crippen molar-refractivity contribution in [2.45, 2.75) is 45.6 Å². The molecule has 0 heterocycles. The fourth-order valence-corrected chi connectivity index (χ4v) is 1.83. The second-order valence-electron chi connectivity index (χ2n) is 4.92. The fraction of sp³-hybridized carbons (Fsp3) is 0.600. The summed E-state index contributed by atoms with van der Waals surface area (Å²) in [4.78, 5) is 0. The van der Waals surface area contributed by atoms with E-state index in [0.717, 1.165) is 30.4 Å². The molecule has 0 unspecified atom stereocenters. The summed E-state index contributed by atoms with van der Waals surface area (Å²) < 4.78 is 11.6. The summed E-state index contributed by atoms with van der Waals surface area (Å²) in [7, 11) is 0. The molecule has 1 saturated carbocycles. The maximum absolute atomic E-state index is 5.79. The van der Waals surface area contributed by atoms with Gasteiger partial charge < -0.3 is 9.47 Å². The van der Waals surface area contributed by atoms with E-state index < -0.39 is 0 Å². The molecule has 0 N–H and O–H groups in total. The van der Waals surface area contributed by atoms with Crippen LogP contribution in [-0.4, -0.2) is 12.7 Å². The summed E-state index contributed by atoms with van der Waals surface area (Å²) >= 11 is 0. The third-order valence-electron chi connectivity index (χ3n) is 3.43. The van der Waals surface area contributed by atoms with Crippen LogP contribution < -0.4 is 9.47 Å². The van der Waals surface area contributed by atoms with Gasteiger partial charge in [-0.05, 0) is 44.2 Å². The summed E-state index contributed by atoms with van der Waals surface area (Å²) in [6.45, 7) is 5.07. The molecule has 1 aromatic rings. The largest absolute Gasteiger partial charge is 0.493 e. The molecular formula is C15H22O2. The lowest BCUT2D eigenvalue weighted by Gasteiger charge is -2.25. The van der Waals surface area contributed by atoms with Crippen LogP contribution >= 0.6 is 0 Å². The van der Waals surface area contributed by atoms with Gasteiger partial charge in [-0.15, -0.1) is 0 Å². The Morgan fingerprint density at radius 3 is 2.71 bits per heavy atom. The van der Waals surface area contributed by atoms with E-state index in [4.69, 9.17) is 9.47 Å². The molecule has 1 aliphatic rings. The van der Waals surface area contributed by atoms with E-state index in [1.54, 1.807) is 0 Å². The van der Waals surface area contributed by atoms with Crippen molar-refractivity contribution >= 4 is 0 Å². The number of ether oxygens (including phenoxy) is 2. The quantitative estimate of drug-likeness (QED) is 0.739. The van der Waals surface area contributed by atoms with Gasteiger partial charge in [0.15, 0.2) is 0 Å². The van der Waals surface area contributed by atoms with Crippen molar-refractivity contribution in [3.05, 3.63) is 24.3 Å². The third kappa shape index (κ3) is 3.65. The Hall–Kier alpha value is -1.18. The topological polar surface area (TPSA) is 18.5 Å². The van der Waals surface area contributed by atoms with Gasteiger partial charge in [-0.1, -0.05) is 19.4 Å². The molecule has 94 valence electrons. The molecular weight excluding hydrogens is 212 g/mol. The molecule has 1 aromatic carbocycles. The molecule has 2 rings (SSSR count). The summed E-state index contributed by atoms with van der Waals surface area (Å²) in [5.74, 6) is 2.61. The fourth-order valence-electron chi connectivity index (χ4n) is 1.83. The zero-order valence-corrected chi connectivity index (χ0v) is 10.8. The summed E-state index contributed by atoms with van der Waals surface area (Å²) in [6, 6.07) is 7.98. The minimum atomic E-state index is 0.261. The van der Waals surface area contributed by atoms with Crippen LogP contribution in [0.5, 0.6) is 11.5 Å². The van der Waals surface area contributed by atoms with Crippen LogP contribution in [0.2, 0.25) is 0 Å². The molecule has 2 nitrogen and oxygen atoms in total. The van der Waals surface area contributed by atoms with Crippen LogP contribution in [0, 0.1) is 5.92 Å². The van der Waals surface area contributed by atoms with Gasteiger partial charge in [-0.3, -0.25) is 0 Å². The summed E-state index contributed by atoms with van der Waals surface area (Å²) in [5, 5.41) is 0. The standard InChI is InChI=1S/C15H22O2/c1-3-12(2)17-15-9-5-8-14(10-15)16-11-13-6-4-7-13/h5,8-10,12-13H,3-4,6-7,11H2,1-2H3/t12-/m1/s1. The Kier molecular flexibility index (Phi) is 4.29. The minimum Gasteiger partial charge on any atom is -0.493 e. The summed E-state index contributed by atoms with van der Waals surface area (Å²) in [5.41, 5.74) is 0. The molecule has 1 fully saturated rings. The van der Waals surface area contributed by atoms with Crippen LogP contribution in [0.3, 0.4) is 0 Å². The Morgan fingerprint density at radius 2 is 2.06 bits per heavy atom. The lowest BCUT2D eigenvalue weighted by molar-refractivity contribution is 0.178. The van der Waals surface area contributed by atoms with Gasteiger partial charge in [0.1, 0.15) is 11.5 Å². The van der Waals surface area contributed by atoms with Crippen molar-refractivity contribution in [2.75, 3.05) is 6.61 Å². The van der Waals surface area contributed by atoms with Gasteiger partial charge in [0.2, 0.25) is 0 Å². The molecule has 17 heavy (non-hydrogen) atoms. The van der Waals surface area contributed by atoms with Gasteiger partial charge in [-0.25, -0.2) is 0 Å². The highest BCUT2D eigenvalue weighted by atomic mass is 16.5. The Bertz CT molecular complexity index is 345. The van der Waals surface area contributed by atoms with Gasteiger partial charge in [0.05, 0.1) is 12.7 Å². The first-order valence-corrected chi connectivity index (χ1v) is 6.67. The molecule has 0 spiro atoms. The van der Waals surface area contributed by atoms with Crippen molar-refractivity contribution in [3.63, 3.8) is 0 Å². The van der Waals surface area contributed by atoms with Crippen molar-refractivity contribution < 1.29 is 9.47 Å². The van der Waals surface area contributed by atoms with E-state index in [1.165, 1.54) is 19.3 Å². The maximum Gasteiger partial charge on any atom is 0.123 e. The van der Waals surface area contributed by atoms with E-state index in [9.17, 15) is 0 Å². The first kappa shape index (κ1) is 12.3. The van der Waals surface area contributed by atoms with E-state index in [2.05, 4.69) is 13.8 Å². The molecule has 0 bridgehead atoms. The highest BCUT2D eigenvalue weighted by Crippen LogP contribution is 2.28. The number of hydrogen-bond acceptors (Lipinski definition) is 2. The van der Waals surface area contributed by atoms with Crippen molar-refractivity contribution in [1.29, 1.82) is 0 Å². The van der Waals surface area contributed by atoms with Crippen LogP contribution in [0.15, 0.2) is 24.3 Å². The molecule has 0 aromatic heterocycles. The van der Waals surface area contributed by atoms with Crippen molar-refractivity contribution in [3.8, 4) is 11.5 Å². The van der Waals surface area contributed by atoms with E-state index in [1.807, 2.05) is 24.3 Å². The van der Waals surface area contributed by atoms with E-state index in [0.29, 0.717) is 0 Å². The second kappa shape index (κ2) is 5.95. The SMILES string of the molecule is CC[C@@H](C)Oc1cccc(OCC2CCC2)c1. The molecule has 0 radical (unpaired) electrons. The zero-order valence-electron chi connectivity index (χ0n) is 10.8. The van der Waals surface area contributed by atoms with Crippen LogP contribution in [-0.2, 0) is 0 Å².